The molecule has 1 aliphatic rings. The van der Waals surface area contributed by atoms with Crippen LogP contribution in [0, 0.1) is 0 Å². The lowest BCUT2D eigenvalue weighted by Gasteiger charge is -2.34. The van der Waals surface area contributed by atoms with Crippen LogP contribution in [-0.2, 0) is 4.79 Å². The molecule has 0 aromatic heterocycles. The molecule has 0 saturated heterocycles. The number of benzene rings is 2. The molecule has 3 rings (SSSR count). The van der Waals surface area contributed by atoms with Crippen molar-refractivity contribution in [3.8, 4) is 5.75 Å². The van der Waals surface area contributed by atoms with E-state index >= 15 is 0 Å². The van der Waals surface area contributed by atoms with Crippen LogP contribution in [0.1, 0.15) is 18.5 Å². The zero-order chi connectivity index (χ0) is 18.0. The average Bonchev–Trinajstić information content (AvgIpc) is 2.62. The molecule has 1 aliphatic heterocycles. The molecule has 4 nitrogen and oxygen atoms in total. The highest BCUT2D eigenvalue weighted by molar-refractivity contribution is 6.30. The van der Waals surface area contributed by atoms with Crippen molar-refractivity contribution in [3.63, 3.8) is 0 Å². The number of carbonyl (C=O) groups excluding carboxylic acids is 1. The Morgan fingerprint density at radius 3 is 2.32 bits per heavy atom. The Balaban J connectivity index is 2.09. The van der Waals surface area contributed by atoms with E-state index in [1.807, 2.05) is 30.3 Å². The molecule has 0 radical (unpaired) electrons. The van der Waals surface area contributed by atoms with Gasteiger partial charge in [-0.25, -0.2) is 0 Å². The Morgan fingerprint density at radius 2 is 1.76 bits per heavy atom. The number of carbonyl (C=O) groups is 1. The third-order valence-electron chi connectivity index (χ3n) is 4.12. The highest BCUT2D eigenvalue weighted by Gasteiger charge is 2.31. The first-order valence-corrected chi connectivity index (χ1v) is 8.20. The molecule has 5 heteroatoms. The predicted octanol–water partition coefficient (Wildman–Crippen LogP) is 4.82. The van der Waals surface area contributed by atoms with Crippen LogP contribution in [0.4, 0.5) is 5.69 Å². The molecule has 1 heterocycles. The number of amides is 1. The fourth-order valence-electron chi connectivity index (χ4n) is 2.82. The van der Waals surface area contributed by atoms with Crippen molar-refractivity contribution >= 4 is 23.2 Å². The van der Waals surface area contributed by atoms with E-state index in [2.05, 4.69) is 0 Å². The van der Waals surface area contributed by atoms with Crippen LogP contribution >= 0.6 is 11.6 Å². The molecule has 0 aliphatic carbocycles. The summed E-state index contributed by atoms with van der Waals surface area (Å²) in [6, 6.07) is 14.3. The first kappa shape index (κ1) is 17.1. The number of nitrogens with zero attached hydrogens (tertiary/aromatic N) is 1. The molecule has 0 bridgehead atoms. The van der Waals surface area contributed by atoms with Gasteiger partial charge in [0.15, 0.2) is 0 Å². The number of allylic oxidation sites excluding steroid dienone is 1. The van der Waals surface area contributed by atoms with Gasteiger partial charge in [0.2, 0.25) is 0 Å². The minimum absolute atomic E-state index is 0.00612. The Bertz CT molecular complexity index is 834. The van der Waals surface area contributed by atoms with E-state index in [9.17, 15) is 9.90 Å². The van der Waals surface area contributed by atoms with Crippen LogP contribution in [0.25, 0.3) is 0 Å². The Morgan fingerprint density at radius 1 is 1.12 bits per heavy atom. The van der Waals surface area contributed by atoms with Crippen molar-refractivity contribution in [3.05, 3.63) is 82.6 Å². The van der Waals surface area contributed by atoms with E-state index in [4.69, 9.17) is 16.3 Å². The van der Waals surface area contributed by atoms with E-state index in [0.717, 1.165) is 11.3 Å². The summed E-state index contributed by atoms with van der Waals surface area (Å²) in [6.45, 7) is 1.51. The molecule has 2 aromatic rings. The van der Waals surface area contributed by atoms with Gasteiger partial charge in [0.05, 0.1) is 18.7 Å². The molecule has 25 heavy (non-hydrogen) atoms. The number of aliphatic hydroxyl groups excluding tert-OH is 1. The van der Waals surface area contributed by atoms with Crippen LogP contribution in [0.15, 0.2) is 72.0 Å². The van der Waals surface area contributed by atoms with E-state index in [1.165, 1.54) is 6.92 Å². The molecule has 128 valence electrons. The lowest BCUT2D eigenvalue weighted by molar-refractivity contribution is -0.115. The van der Waals surface area contributed by atoms with Crippen LogP contribution in [0.2, 0.25) is 5.02 Å². The zero-order valence-electron chi connectivity index (χ0n) is 13.9. The van der Waals surface area contributed by atoms with Gasteiger partial charge in [-0.1, -0.05) is 29.8 Å². The smallest absolute Gasteiger partial charge is 0.262 e. The maximum absolute atomic E-state index is 13.0. The monoisotopic (exact) mass is 355 g/mol. The summed E-state index contributed by atoms with van der Waals surface area (Å²) in [4.78, 5) is 14.6. The van der Waals surface area contributed by atoms with Gasteiger partial charge in [-0.15, -0.1) is 0 Å². The van der Waals surface area contributed by atoms with Crippen molar-refractivity contribution in [2.75, 3.05) is 12.0 Å². The summed E-state index contributed by atoms with van der Waals surface area (Å²) >= 11 is 5.97. The van der Waals surface area contributed by atoms with Gasteiger partial charge in [-0.3, -0.25) is 9.69 Å². The quantitative estimate of drug-likeness (QED) is 0.634. The molecular weight excluding hydrogens is 338 g/mol. The molecule has 1 amide bonds. The van der Waals surface area contributed by atoms with Crippen molar-refractivity contribution in [2.24, 2.45) is 0 Å². The summed E-state index contributed by atoms with van der Waals surface area (Å²) in [6.07, 6.45) is 3.56. The summed E-state index contributed by atoms with van der Waals surface area (Å²) in [5.41, 5.74) is 1.92. The molecule has 2 aromatic carbocycles. The van der Waals surface area contributed by atoms with E-state index in [1.54, 1.807) is 42.4 Å². The predicted molar refractivity (Wildman–Crippen MR) is 99.1 cm³/mol. The third kappa shape index (κ3) is 3.39. The SMILES string of the molecule is COc1ccc(C2C=C/C(=C(\C)O)C(=O)N2c2ccc(Cl)cc2)cc1. The number of halogens is 1. The van der Waals surface area contributed by atoms with Gasteiger partial charge in [0.1, 0.15) is 11.5 Å². The van der Waals surface area contributed by atoms with Crippen LogP contribution in [0.5, 0.6) is 5.75 Å². The fourth-order valence-corrected chi connectivity index (χ4v) is 2.94. The minimum Gasteiger partial charge on any atom is -0.512 e. The van der Waals surface area contributed by atoms with E-state index in [0.29, 0.717) is 10.7 Å². The highest BCUT2D eigenvalue weighted by Crippen LogP contribution is 2.35. The molecule has 0 saturated carbocycles. The second-order valence-corrected chi connectivity index (χ2v) is 6.16. The molecule has 1 atom stereocenters. The third-order valence-corrected chi connectivity index (χ3v) is 4.38. The highest BCUT2D eigenvalue weighted by atomic mass is 35.5. The van der Waals surface area contributed by atoms with Gasteiger partial charge in [0.25, 0.3) is 5.91 Å². The standard InChI is InChI=1S/C20H18ClNO3/c1-13(23)18-11-12-19(14-3-9-17(25-2)10-4-14)22(20(18)24)16-7-5-15(21)6-8-16/h3-12,19,23H,1-2H3/b18-13-. The number of anilines is 1. The van der Waals surface area contributed by atoms with Crippen LogP contribution in [-0.4, -0.2) is 18.1 Å². The van der Waals surface area contributed by atoms with E-state index in [-0.39, 0.29) is 23.3 Å². The minimum atomic E-state index is -0.289. The van der Waals surface area contributed by atoms with Crippen molar-refractivity contribution in [2.45, 2.75) is 13.0 Å². The second kappa shape index (κ2) is 7.03. The van der Waals surface area contributed by atoms with Gasteiger partial charge < -0.3 is 9.84 Å². The van der Waals surface area contributed by atoms with Gasteiger partial charge in [-0.2, -0.15) is 0 Å². The molecule has 0 spiro atoms. The lowest BCUT2D eigenvalue weighted by Crippen LogP contribution is -2.37. The van der Waals surface area contributed by atoms with E-state index < -0.39 is 0 Å². The van der Waals surface area contributed by atoms with Crippen LogP contribution < -0.4 is 9.64 Å². The summed E-state index contributed by atoms with van der Waals surface area (Å²) in [7, 11) is 1.61. The number of methoxy groups -OCH3 is 1. The Kier molecular flexibility index (Phi) is 4.81. The number of aliphatic hydroxyl groups is 1. The molecular formula is C20H18ClNO3. The molecule has 0 fully saturated rings. The maximum atomic E-state index is 13.0. The van der Waals surface area contributed by atoms with Gasteiger partial charge >= 0.3 is 0 Å². The number of rotatable bonds is 3. The van der Waals surface area contributed by atoms with Crippen molar-refractivity contribution in [1.82, 2.24) is 0 Å². The summed E-state index contributed by atoms with van der Waals surface area (Å²) in [5, 5.41) is 10.4. The molecule has 1 unspecified atom stereocenters. The maximum Gasteiger partial charge on any atom is 0.262 e. The first-order valence-electron chi connectivity index (χ1n) is 7.82. The molecule has 1 N–H and O–H groups in total. The van der Waals surface area contributed by atoms with Gasteiger partial charge in [0, 0.05) is 10.7 Å². The zero-order valence-corrected chi connectivity index (χ0v) is 14.7. The summed E-state index contributed by atoms with van der Waals surface area (Å²) in [5.74, 6) is 0.485. The Hall–Kier alpha value is -2.72. The van der Waals surface area contributed by atoms with Gasteiger partial charge in [-0.05, 0) is 55.0 Å². The number of hydrogen-bond donors (Lipinski definition) is 1. The topological polar surface area (TPSA) is 49.8 Å². The average molecular weight is 356 g/mol. The van der Waals surface area contributed by atoms with Crippen molar-refractivity contribution < 1.29 is 14.6 Å². The lowest BCUT2D eigenvalue weighted by atomic mass is 9.97. The number of hydrogen-bond acceptors (Lipinski definition) is 3. The summed E-state index contributed by atoms with van der Waals surface area (Å²) < 4.78 is 5.20. The van der Waals surface area contributed by atoms with Crippen molar-refractivity contribution in [1.29, 1.82) is 0 Å². The number of ether oxygens (including phenoxy) is 1. The second-order valence-electron chi connectivity index (χ2n) is 5.73. The normalized spacial score (nSPS) is 19.1. The Labute approximate surface area is 151 Å². The van der Waals surface area contributed by atoms with Crippen LogP contribution in [0.3, 0.4) is 0 Å². The largest absolute Gasteiger partial charge is 0.512 e. The fraction of sp³-hybridized carbons (Fsp3) is 0.150. The first-order chi connectivity index (χ1) is 12.0.